The third-order valence-corrected chi connectivity index (χ3v) is 1.37. The number of carbonyl (C=O) groups excluding carboxylic acids is 1. The SMILES string of the molecule is CN(C=O)/C=C/Nc1ccccn1. The first-order valence-corrected chi connectivity index (χ1v) is 3.84. The molecule has 0 unspecified atom stereocenters. The van der Waals surface area contributed by atoms with Crippen LogP contribution in [0.25, 0.3) is 0 Å². The molecular weight excluding hydrogens is 166 g/mol. The maximum Gasteiger partial charge on any atom is 0.213 e. The predicted molar refractivity (Wildman–Crippen MR) is 50.8 cm³/mol. The molecule has 0 aliphatic carbocycles. The third kappa shape index (κ3) is 3.37. The molecule has 1 amide bonds. The van der Waals surface area contributed by atoms with Gasteiger partial charge in [-0.25, -0.2) is 4.98 Å². The van der Waals surface area contributed by atoms with Gasteiger partial charge in [-0.05, 0) is 12.1 Å². The van der Waals surface area contributed by atoms with Crippen LogP contribution in [0.5, 0.6) is 0 Å². The summed E-state index contributed by atoms with van der Waals surface area (Å²) in [4.78, 5) is 15.6. The highest BCUT2D eigenvalue weighted by Crippen LogP contribution is 1.98. The summed E-state index contributed by atoms with van der Waals surface area (Å²) in [6.45, 7) is 0. The molecule has 4 heteroatoms. The molecule has 1 heterocycles. The molecule has 0 aliphatic rings. The number of hydrogen-bond acceptors (Lipinski definition) is 3. The number of nitrogens with one attached hydrogen (secondary N) is 1. The van der Waals surface area contributed by atoms with Crippen molar-refractivity contribution in [3.8, 4) is 0 Å². The minimum atomic E-state index is 0.719. The molecule has 4 nitrogen and oxygen atoms in total. The Labute approximate surface area is 76.9 Å². The smallest absolute Gasteiger partial charge is 0.213 e. The van der Waals surface area contributed by atoms with Gasteiger partial charge < -0.3 is 10.2 Å². The Bertz CT molecular complexity index is 284. The van der Waals surface area contributed by atoms with E-state index in [1.54, 1.807) is 25.6 Å². The Morgan fingerprint density at radius 3 is 3.00 bits per heavy atom. The van der Waals surface area contributed by atoms with Gasteiger partial charge in [-0.3, -0.25) is 4.79 Å². The molecule has 0 atom stereocenters. The van der Waals surface area contributed by atoms with E-state index in [4.69, 9.17) is 0 Å². The first-order chi connectivity index (χ1) is 6.33. The van der Waals surface area contributed by atoms with E-state index in [-0.39, 0.29) is 0 Å². The zero-order chi connectivity index (χ0) is 9.52. The van der Waals surface area contributed by atoms with Gasteiger partial charge in [0, 0.05) is 25.6 Å². The van der Waals surface area contributed by atoms with E-state index in [0.717, 1.165) is 12.2 Å². The molecule has 0 saturated heterocycles. The second-order valence-corrected chi connectivity index (χ2v) is 2.45. The van der Waals surface area contributed by atoms with Gasteiger partial charge in [-0.15, -0.1) is 0 Å². The molecule has 1 N–H and O–H groups in total. The van der Waals surface area contributed by atoms with Crippen LogP contribution in [0, 0.1) is 0 Å². The van der Waals surface area contributed by atoms with E-state index in [1.165, 1.54) is 4.90 Å². The third-order valence-electron chi connectivity index (χ3n) is 1.37. The average molecular weight is 177 g/mol. The summed E-state index contributed by atoms with van der Waals surface area (Å²) in [5.41, 5.74) is 0. The van der Waals surface area contributed by atoms with Crippen LogP contribution in [0.15, 0.2) is 36.8 Å². The van der Waals surface area contributed by atoms with Crippen molar-refractivity contribution in [2.24, 2.45) is 0 Å². The Morgan fingerprint density at radius 1 is 1.54 bits per heavy atom. The van der Waals surface area contributed by atoms with Crippen LogP contribution < -0.4 is 5.32 Å². The number of anilines is 1. The van der Waals surface area contributed by atoms with Crippen molar-refractivity contribution in [2.45, 2.75) is 0 Å². The number of rotatable bonds is 4. The number of aromatic nitrogens is 1. The van der Waals surface area contributed by atoms with Gasteiger partial charge in [0.05, 0.1) is 0 Å². The van der Waals surface area contributed by atoms with Crippen molar-refractivity contribution in [2.75, 3.05) is 12.4 Å². The summed E-state index contributed by atoms with van der Waals surface area (Å²) < 4.78 is 0. The van der Waals surface area contributed by atoms with Crippen LogP contribution in [0.3, 0.4) is 0 Å². The van der Waals surface area contributed by atoms with Crippen LogP contribution in [0.2, 0.25) is 0 Å². The molecule has 0 fully saturated rings. The van der Waals surface area contributed by atoms with Gasteiger partial charge in [-0.2, -0.15) is 0 Å². The lowest BCUT2D eigenvalue weighted by Gasteiger charge is -2.02. The minimum Gasteiger partial charge on any atom is -0.345 e. The Morgan fingerprint density at radius 2 is 2.38 bits per heavy atom. The monoisotopic (exact) mass is 177 g/mol. The van der Waals surface area contributed by atoms with Crippen molar-refractivity contribution in [1.29, 1.82) is 0 Å². The summed E-state index contributed by atoms with van der Waals surface area (Å²) in [5, 5.41) is 2.92. The number of nitrogens with zero attached hydrogens (tertiary/aromatic N) is 2. The van der Waals surface area contributed by atoms with Gasteiger partial charge in [-0.1, -0.05) is 6.07 Å². The van der Waals surface area contributed by atoms with Crippen molar-refractivity contribution < 1.29 is 4.79 Å². The van der Waals surface area contributed by atoms with Gasteiger partial charge >= 0.3 is 0 Å². The Kier molecular flexibility index (Phi) is 3.50. The molecule has 13 heavy (non-hydrogen) atoms. The summed E-state index contributed by atoms with van der Waals surface area (Å²) in [6, 6.07) is 5.56. The zero-order valence-corrected chi connectivity index (χ0v) is 7.34. The molecule has 0 saturated carbocycles. The molecular formula is C9H11N3O. The summed E-state index contributed by atoms with van der Waals surface area (Å²) in [7, 11) is 1.66. The van der Waals surface area contributed by atoms with Crippen molar-refractivity contribution in [1.82, 2.24) is 9.88 Å². The average Bonchev–Trinajstić information content (AvgIpc) is 2.19. The van der Waals surface area contributed by atoms with Gasteiger partial charge in [0.15, 0.2) is 0 Å². The molecule has 0 radical (unpaired) electrons. The van der Waals surface area contributed by atoms with Crippen molar-refractivity contribution in [3.63, 3.8) is 0 Å². The Hall–Kier alpha value is -1.84. The van der Waals surface area contributed by atoms with Crippen LogP contribution in [0.1, 0.15) is 0 Å². The second-order valence-electron chi connectivity index (χ2n) is 2.45. The van der Waals surface area contributed by atoms with Crippen LogP contribution in [-0.2, 0) is 4.79 Å². The molecule has 68 valence electrons. The number of amides is 1. The Balaban J connectivity index is 2.43. The van der Waals surface area contributed by atoms with Gasteiger partial charge in [0.1, 0.15) is 5.82 Å². The lowest BCUT2D eigenvalue weighted by Crippen LogP contribution is -2.07. The number of pyridine rings is 1. The first kappa shape index (κ1) is 9.25. The van der Waals surface area contributed by atoms with Crippen molar-refractivity contribution >= 4 is 12.2 Å². The quantitative estimate of drug-likeness (QED) is 0.699. The summed E-state index contributed by atoms with van der Waals surface area (Å²) in [6.07, 6.45) is 5.68. The molecule has 1 aromatic heterocycles. The highest BCUT2D eigenvalue weighted by atomic mass is 16.1. The molecule has 0 bridgehead atoms. The van der Waals surface area contributed by atoms with E-state index in [2.05, 4.69) is 10.3 Å². The van der Waals surface area contributed by atoms with Gasteiger partial charge in [0.25, 0.3) is 0 Å². The molecule has 1 aromatic rings. The molecule has 1 rings (SSSR count). The highest BCUT2D eigenvalue weighted by Gasteiger charge is 1.86. The number of hydrogen-bond donors (Lipinski definition) is 1. The largest absolute Gasteiger partial charge is 0.345 e. The van der Waals surface area contributed by atoms with E-state index < -0.39 is 0 Å². The first-order valence-electron chi connectivity index (χ1n) is 3.84. The maximum absolute atomic E-state index is 10.2. The van der Waals surface area contributed by atoms with E-state index in [1.807, 2.05) is 18.2 Å². The second kappa shape index (κ2) is 4.92. The van der Waals surface area contributed by atoms with Crippen LogP contribution in [-0.4, -0.2) is 23.3 Å². The van der Waals surface area contributed by atoms with Crippen LogP contribution >= 0.6 is 0 Å². The molecule has 0 aliphatic heterocycles. The fraction of sp³-hybridized carbons (Fsp3) is 0.111. The lowest BCUT2D eigenvalue weighted by molar-refractivity contribution is -0.114. The topological polar surface area (TPSA) is 45.2 Å². The maximum atomic E-state index is 10.2. The van der Waals surface area contributed by atoms with Crippen LogP contribution in [0.4, 0.5) is 5.82 Å². The molecule has 0 spiro atoms. The fourth-order valence-corrected chi connectivity index (χ4v) is 0.723. The lowest BCUT2D eigenvalue weighted by atomic mass is 10.5. The molecule has 0 aromatic carbocycles. The standard InChI is InChI=1S/C9H11N3O/c1-12(8-13)7-6-11-9-4-2-3-5-10-9/h2-8H,1H3,(H,10,11)/b7-6+. The minimum absolute atomic E-state index is 0.719. The van der Waals surface area contributed by atoms with E-state index in [9.17, 15) is 4.79 Å². The van der Waals surface area contributed by atoms with Crippen molar-refractivity contribution in [3.05, 3.63) is 36.8 Å². The van der Waals surface area contributed by atoms with E-state index in [0.29, 0.717) is 0 Å². The fourth-order valence-electron chi connectivity index (χ4n) is 0.723. The normalized spacial score (nSPS) is 9.92. The predicted octanol–water partition coefficient (Wildman–Crippen LogP) is 1.05. The number of carbonyl (C=O) groups is 1. The summed E-state index contributed by atoms with van der Waals surface area (Å²) >= 11 is 0. The summed E-state index contributed by atoms with van der Waals surface area (Å²) in [5.74, 6) is 0.748. The highest BCUT2D eigenvalue weighted by molar-refractivity contribution is 5.48. The zero-order valence-electron chi connectivity index (χ0n) is 7.34. The van der Waals surface area contributed by atoms with Gasteiger partial charge in [0.2, 0.25) is 6.41 Å². The van der Waals surface area contributed by atoms with E-state index >= 15 is 0 Å².